The third kappa shape index (κ3) is 6.84. The van der Waals surface area contributed by atoms with Crippen LogP contribution in [0.5, 0.6) is 0 Å². The van der Waals surface area contributed by atoms with Crippen LogP contribution in [-0.4, -0.2) is 48.4 Å². The lowest BCUT2D eigenvalue weighted by molar-refractivity contribution is -0.126. The second-order valence-electron chi connectivity index (χ2n) is 6.93. The molecule has 7 nitrogen and oxygen atoms in total. The first-order valence-corrected chi connectivity index (χ1v) is 9.08. The van der Waals surface area contributed by atoms with Crippen molar-refractivity contribution in [2.45, 2.75) is 39.3 Å². The molecule has 4 amide bonds. The van der Waals surface area contributed by atoms with Gasteiger partial charge in [0.2, 0.25) is 11.8 Å². The van der Waals surface area contributed by atoms with E-state index in [0.29, 0.717) is 32.5 Å². The number of hydrogen-bond donors (Lipinski definition) is 3. The number of piperidine rings is 1. The van der Waals surface area contributed by atoms with Gasteiger partial charge < -0.3 is 10.6 Å². The number of carbonyl (C=O) groups is 3. The van der Waals surface area contributed by atoms with Crippen molar-refractivity contribution < 1.29 is 14.4 Å². The summed E-state index contributed by atoms with van der Waals surface area (Å²) < 4.78 is 0. The van der Waals surface area contributed by atoms with E-state index in [0.717, 1.165) is 5.56 Å². The van der Waals surface area contributed by atoms with Crippen molar-refractivity contribution in [3.8, 4) is 0 Å². The molecule has 0 radical (unpaired) electrons. The molecule has 1 heterocycles. The van der Waals surface area contributed by atoms with Gasteiger partial charge in [-0.15, -0.1) is 0 Å². The summed E-state index contributed by atoms with van der Waals surface area (Å²) in [6, 6.07) is 9.32. The van der Waals surface area contributed by atoms with E-state index in [2.05, 4.69) is 16.0 Å². The Labute approximate surface area is 154 Å². The number of nitrogens with zero attached hydrogens (tertiary/aromatic N) is 1. The van der Waals surface area contributed by atoms with Gasteiger partial charge in [-0.2, -0.15) is 0 Å². The molecule has 0 bridgehead atoms. The van der Waals surface area contributed by atoms with Crippen LogP contribution in [0, 0.1) is 5.92 Å². The van der Waals surface area contributed by atoms with Crippen LogP contribution in [0.25, 0.3) is 0 Å². The zero-order valence-corrected chi connectivity index (χ0v) is 15.5. The fourth-order valence-electron chi connectivity index (χ4n) is 2.95. The van der Waals surface area contributed by atoms with Crippen LogP contribution in [0.1, 0.15) is 32.3 Å². The van der Waals surface area contributed by atoms with E-state index in [1.807, 2.05) is 49.1 Å². The highest BCUT2D eigenvalue weighted by Crippen LogP contribution is 2.17. The number of benzene rings is 1. The first-order chi connectivity index (χ1) is 12.4. The van der Waals surface area contributed by atoms with Crippen molar-refractivity contribution in [2.75, 3.05) is 19.6 Å². The average Bonchev–Trinajstić information content (AvgIpc) is 2.60. The normalized spacial score (nSPS) is 15.5. The fourth-order valence-corrected chi connectivity index (χ4v) is 2.95. The van der Waals surface area contributed by atoms with E-state index in [1.165, 1.54) is 0 Å². The summed E-state index contributed by atoms with van der Waals surface area (Å²) in [5.74, 6) is -0.286. The Bertz CT molecular complexity index is 610. The Morgan fingerprint density at radius 2 is 1.77 bits per heavy atom. The van der Waals surface area contributed by atoms with Crippen LogP contribution < -0.4 is 16.0 Å². The molecule has 0 aromatic heterocycles. The highest BCUT2D eigenvalue weighted by atomic mass is 16.2. The molecule has 0 atom stereocenters. The quantitative estimate of drug-likeness (QED) is 0.712. The number of carbonyl (C=O) groups excluding carboxylic acids is 3. The number of hydrogen-bond acceptors (Lipinski definition) is 4. The highest BCUT2D eigenvalue weighted by molar-refractivity contribution is 5.95. The predicted octanol–water partition coefficient (Wildman–Crippen LogP) is 1.25. The number of nitrogens with one attached hydrogen (secondary N) is 3. The second kappa shape index (κ2) is 9.91. The van der Waals surface area contributed by atoms with Gasteiger partial charge in [-0.3, -0.25) is 19.8 Å². The van der Waals surface area contributed by atoms with Crippen LogP contribution in [0.3, 0.4) is 0 Å². The van der Waals surface area contributed by atoms with Crippen LogP contribution >= 0.6 is 0 Å². The number of imide groups is 1. The molecule has 3 N–H and O–H groups in total. The molecule has 2 rings (SSSR count). The van der Waals surface area contributed by atoms with Gasteiger partial charge in [0.05, 0.1) is 6.54 Å². The van der Waals surface area contributed by atoms with Gasteiger partial charge in [0.15, 0.2) is 0 Å². The zero-order valence-electron chi connectivity index (χ0n) is 15.5. The minimum absolute atomic E-state index is 0.0204. The largest absolute Gasteiger partial charge is 0.352 e. The smallest absolute Gasteiger partial charge is 0.321 e. The SMILES string of the molecule is CC(C)NC(=O)NC(=O)CN1CCC(C(=O)NCc2ccccc2)CC1. The Balaban J connectivity index is 1.67. The van der Waals surface area contributed by atoms with Crippen molar-refractivity contribution in [1.82, 2.24) is 20.9 Å². The molecule has 1 aromatic carbocycles. The van der Waals surface area contributed by atoms with E-state index in [4.69, 9.17) is 0 Å². The molecular weight excluding hydrogens is 332 g/mol. The minimum atomic E-state index is -0.472. The van der Waals surface area contributed by atoms with Crippen LogP contribution in [0.4, 0.5) is 4.79 Å². The van der Waals surface area contributed by atoms with E-state index >= 15 is 0 Å². The molecule has 1 fully saturated rings. The average molecular weight is 360 g/mol. The lowest BCUT2D eigenvalue weighted by Gasteiger charge is -2.30. The summed E-state index contributed by atoms with van der Waals surface area (Å²) >= 11 is 0. The summed E-state index contributed by atoms with van der Waals surface area (Å²) in [5.41, 5.74) is 1.08. The van der Waals surface area contributed by atoms with Crippen molar-refractivity contribution in [1.29, 1.82) is 0 Å². The third-order valence-electron chi connectivity index (χ3n) is 4.31. The number of amides is 4. The van der Waals surface area contributed by atoms with Crippen LogP contribution in [0.15, 0.2) is 30.3 Å². The van der Waals surface area contributed by atoms with Gasteiger partial charge in [0.25, 0.3) is 0 Å². The van der Waals surface area contributed by atoms with Crippen molar-refractivity contribution in [2.24, 2.45) is 5.92 Å². The van der Waals surface area contributed by atoms with E-state index in [1.54, 1.807) is 0 Å². The summed E-state index contributed by atoms with van der Waals surface area (Å²) in [7, 11) is 0. The Hall–Kier alpha value is -2.41. The fraction of sp³-hybridized carbons (Fsp3) is 0.526. The lowest BCUT2D eigenvalue weighted by Crippen LogP contribution is -2.48. The molecule has 142 valence electrons. The Kier molecular flexibility index (Phi) is 7.59. The third-order valence-corrected chi connectivity index (χ3v) is 4.31. The van der Waals surface area contributed by atoms with Crippen molar-refractivity contribution in [3.05, 3.63) is 35.9 Å². The molecule has 0 saturated carbocycles. The first-order valence-electron chi connectivity index (χ1n) is 9.08. The molecule has 26 heavy (non-hydrogen) atoms. The molecule has 0 aliphatic carbocycles. The molecule has 0 unspecified atom stereocenters. The van der Waals surface area contributed by atoms with Gasteiger partial charge >= 0.3 is 6.03 Å². The Morgan fingerprint density at radius 3 is 2.38 bits per heavy atom. The zero-order chi connectivity index (χ0) is 18.9. The maximum atomic E-state index is 12.3. The van der Waals surface area contributed by atoms with Crippen molar-refractivity contribution in [3.63, 3.8) is 0 Å². The monoisotopic (exact) mass is 360 g/mol. The molecule has 7 heteroatoms. The summed E-state index contributed by atoms with van der Waals surface area (Å²) in [6.07, 6.45) is 1.43. The number of rotatable bonds is 6. The molecular formula is C19H28N4O3. The molecule has 1 saturated heterocycles. The van der Waals surface area contributed by atoms with E-state index in [9.17, 15) is 14.4 Å². The van der Waals surface area contributed by atoms with Gasteiger partial charge in [-0.05, 0) is 45.3 Å². The maximum absolute atomic E-state index is 12.3. The number of urea groups is 1. The molecule has 1 aliphatic rings. The molecule has 0 spiro atoms. The topological polar surface area (TPSA) is 90.5 Å². The van der Waals surface area contributed by atoms with Gasteiger partial charge in [0.1, 0.15) is 0 Å². The Morgan fingerprint density at radius 1 is 1.12 bits per heavy atom. The molecule has 1 aromatic rings. The van der Waals surface area contributed by atoms with Gasteiger partial charge in [0, 0.05) is 18.5 Å². The van der Waals surface area contributed by atoms with Crippen LogP contribution in [-0.2, 0) is 16.1 Å². The molecule has 1 aliphatic heterocycles. The van der Waals surface area contributed by atoms with Crippen LogP contribution in [0.2, 0.25) is 0 Å². The van der Waals surface area contributed by atoms with E-state index in [-0.39, 0.29) is 30.3 Å². The summed E-state index contributed by atoms with van der Waals surface area (Å²) in [5, 5.41) is 7.92. The highest BCUT2D eigenvalue weighted by Gasteiger charge is 2.26. The van der Waals surface area contributed by atoms with Crippen molar-refractivity contribution >= 4 is 17.8 Å². The van der Waals surface area contributed by atoms with E-state index < -0.39 is 6.03 Å². The summed E-state index contributed by atoms with van der Waals surface area (Å²) in [4.78, 5) is 37.7. The van der Waals surface area contributed by atoms with Gasteiger partial charge in [-0.1, -0.05) is 30.3 Å². The maximum Gasteiger partial charge on any atom is 0.321 e. The lowest BCUT2D eigenvalue weighted by atomic mass is 9.96. The number of likely N-dealkylation sites (tertiary alicyclic amines) is 1. The first kappa shape index (κ1) is 19.9. The standard InChI is InChI=1S/C19H28N4O3/c1-14(2)21-19(26)22-17(24)13-23-10-8-16(9-11-23)18(25)20-12-15-6-4-3-5-7-15/h3-7,14,16H,8-13H2,1-2H3,(H,20,25)(H2,21,22,24,26). The van der Waals surface area contributed by atoms with Gasteiger partial charge in [-0.25, -0.2) is 4.79 Å². The predicted molar refractivity (Wildman–Crippen MR) is 99.3 cm³/mol. The summed E-state index contributed by atoms with van der Waals surface area (Å²) in [6.45, 7) is 5.71. The minimum Gasteiger partial charge on any atom is -0.352 e. The second-order valence-corrected chi connectivity index (χ2v) is 6.93.